The third-order valence-corrected chi connectivity index (χ3v) is 1.16. The average molecular weight is 224 g/mol. The van der Waals surface area contributed by atoms with Crippen molar-refractivity contribution in [3.8, 4) is 0 Å². The first kappa shape index (κ1) is 10.7. The second kappa shape index (κ2) is 4.57. The summed E-state index contributed by atoms with van der Waals surface area (Å²) >= 11 is 0. The molecule has 3 nitrogen and oxygen atoms in total. The Morgan fingerprint density at radius 1 is 1.73 bits per heavy atom. The van der Waals surface area contributed by atoms with Crippen LogP contribution < -0.4 is 5.73 Å². The number of ketones is 1. The summed E-state index contributed by atoms with van der Waals surface area (Å²) in [5.74, 6) is 0.188. The molecule has 4 heteroatoms. The van der Waals surface area contributed by atoms with E-state index in [4.69, 9.17) is 5.73 Å². The maximum absolute atomic E-state index is 10.7. The quantitative estimate of drug-likeness (QED) is 0.563. The molecule has 0 aliphatic heterocycles. The number of pyridine rings is 1. The van der Waals surface area contributed by atoms with Gasteiger partial charge in [0.2, 0.25) is 0 Å². The number of nitrogens with two attached hydrogens (primary N) is 1. The van der Waals surface area contributed by atoms with Gasteiger partial charge in [-0.3, -0.25) is 4.98 Å². The van der Waals surface area contributed by atoms with Crippen LogP contribution >= 0.6 is 0 Å². The molecule has 55 valence electrons. The van der Waals surface area contributed by atoms with Crippen molar-refractivity contribution in [3.63, 3.8) is 0 Å². The van der Waals surface area contributed by atoms with Crippen molar-refractivity contribution in [2.75, 3.05) is 5.73 Å². The number of carbonyl (C=O) groups excluding carboxylic acids is 1. The molecule has 2 N–H and O–H groups in total. The Hall–Kier alpha value is -0.276. The van der Waals surface area contributed by atoms with E-state index in [9.17, 15) is 4.79 Å². The van der Waals surface area contributed by atoms with Crippen LogP contribution in [-0.4, -0.2) is 10.8 Å². The summed E-state index contributed by atoms with van der Waals surface area (Å²) in [6, 6.07) is 4.20. The fourth-order valence-electron chi connectivity index (χ4n) is 0.653. The molecule has 1 rings (SSSR count). The number of aromatic nitrogens is 1. The molecule has 0 aromatic carbocycles. The monoisotopic (exact) mass is 224 g/mol. The van der Waals surface area contributed by atoms with Gasteiger partial charge in [0.25, 0.3) is 0 Å². The summed E-state index contributed by atoms with van der Waals surface area (Å²) in [5, 5.41) is 0. The second-order valence-corrected chi connectivity index (χ2v) is 1.92. The molecule has 0 aliphatic carbocycles. The molecule has 0 saturated carbocycles. The summed E-state index contributed by atoms with van der Waals surface area (Å²) in [6.07, 6.45) is 1.43. The Balaban J connectivity index is 0.000001000. The van der Waals surface area contributed by atoms with Crippen molar-refractivity contribution in [2.24, 2.45) is 0 Å². The molecule has 1 aromatic heterocycles. The maximum Gasteiger partial charge on any atom is 0.0833 e. The van der Waals surface area contributed by atoms with Crippen LogP contribution in [0.3, 0.4) is 0 Å². The molecular formula is C7H7N2OY-. The van der Waals surface area contributed by atoms with Gasteiger partial charge in [0.05, 0.1) is 5.78 Å². The summed E-state index contributed by atoms with van der Waals surface area (Å²) in [5.41, 5.74) is 5.80. The number of nitrogens with zero attached hydrogens (tertiary/aromatic N) is 1. The van der Waals surface area contributed by atoms with E-state index in [0.29, 0.717) is 5.56 Å². The van der Waals surface area contributed by atoms with Crippen LogP contribution in [0.15, 0.2) is 12.3 Å². The minimum absolute atomic E-state index is 0. The molecule has 1 radical (unpaired) electrons. The molecule has 0 amide bonds. The minimum Gasteiger partial charge on any atom is -0.398 e. The molecule has 0 bridgehead atoms. The standard InChI is InChI=1S/C7H7N2O.Y/c1-5(10)6-3-2-4-9-7(6)8;/h3-4H,1H3,(H2,8,9);/q-1;. The molecule has 0 spiro atoms. The zero-order valence-corrected chi connectivity index (χ0v) is 9.00. The second-order valence-electron chi connectivity index (χ2n) is 1.92. The van der Waals surface area contributed by atoms with Gasteiger partial charge in [-0.05, 0) is 6.92 Å². The largest absolute Gasteiger partial charge is 0.398 e. The van der Waals surface area contributed by atoms with Gasteiger partial charge in [-0.2, -0.15) is 0 Å². The van der Waals surface area contributed by atoms with E-state index in [1.165, 1.54) is 19.2 Å². The minimum atomic E-state index is -0.0816. The van der Waals surface area contributed by atoms with Gasteiger partial charge in [-0.15, -0.1) is 0 Å². The molecule has 0 saturated heterocycles. The molecule has 0 fully saturated rings. The van der Waals surface area contributed by atoms with Crippen molar-refractivity contribution in [2.45, 2.75) is 6.92 Å². The number of hydrogen-bond donors (Lipinski definition) is 1. The van der Waals surface area contributed by atoms with Crippen molar-refractivity contribution in [3.05, 3.63) is 23.9 Å². The number of rotatable bonds is 1. The summed E-state index contributed by atoms with van der Waals surface area (Å²) in [7, 11) is 0. The first-order valence-corrected chi connectivity index (χ1v) is 2.84. The first-order valence-electron chi connectivity index (χ1n) is 2.84. The van der Waals surface area contributed by atoms with Gasteiger partial charge < -0.3 is 10.5 Å². The predicted molar refractivity (Wildman–Crippen MR) is 37.5 cm³/mol. The van der Waals surface area contributed by atoms with Crippen molar-refractivity contribution in [1.82, 2.24) is 4.98 Å². The first-order chi connectivity index (χ1) is 4.72. The fraction of sp³-hybridized carbons (Fsp3) is 0.143. The molecule has 0 unspecified atom stereocenters. The number of carbonyl (C=O) groups is 1. The van der Waals surface area contributed by atoms with Crippen molar-refractivity contribution in [1.29, 1.82) is 0 Å². The molecule has 1 heterocycles. The van der Waals surface area contributed by atoms with Crippen LogP contribution in [0.25, 0.3) is 0 Å². The number of nitrogen functional groups attached to an aromatic ring is 1. The van der Waals surface area contributed by atoms with E-state index in [-0.39, 0.29) is 44.3 Å². The third kappa shape index (κ3) is 2.68. The molecule has 0 atom stereocenters. The van der Waals surface area contributed by atoms with Crippen LogP contribution in [0.1, 0.15) is 17.3 Å². The summed E-state index contributed by atoms with van der Waals surface area (Å²) in [6.45, 7) is 1.45. The summed E-state index contributed by atoms with van der Waals surface area (Å²) < 4.78 is 0. The van der Waals surface area contributed by atoms with E-state index in [1.807, 2.05) is 0 Å². The molecule has 1 aromatic rings. The van der Waals surface area contributed by atoms with Gasteiger partial charge in [-0.25, -0.2) is 12.1 Å². The number of anilines is 1. The Labute approximate surface area is 90.3 Å². The van der Waals surface area contributed by atoms with Crippen molar-refractivity contribution >= 4 is 11.6 Å². The fourth-order valence-corrected chi connectivity index (χ4v) is 0.653. The number of hydrogen-bond acceptors (Lipinski definition) is 3. The predicted octanol–water partition coefficient (Wildman–Crippen LogP) is 0.664. The van der Waals surface area contributed by atoms with E-state index >= 15 is 0 Å². The Kier molecular flexibility index (Phi) is 4.46. The van der Waals surface area contributed by atoms with Gasteiger partial charge >= 0.3 is 0 Å². The Bertz CT molecular complexity index is 262. The molecule has 0 aliphatic rings. The molecule has 11 heavy (non-hydrogen) atoms. The third-order valence-electron chi connectivity index (χ3n) is 1.16. The van der Waals surface area contributed by atoms with Crippen LogP contribution in [0, 0.1) is 6.07 Å². The van der Waals surface area contributed by atoms with Gasteiger partial charge in [-0.1, -0.05) is 11.8 Å². The smallest absolute Gasteiger partial charge is 0.0833 e. The maximum atomic E-state index is 10.7. The summed E-state index contributed by atoms with van der Waals surface area (Å²) in [4.78, 5) is 14.4. The zero-order valence-electron chi connectivity index (χ0n) is 6.16. The van der Waals surface area contributed by atoms with E-state index in [0.717, 1.165) is 0 Å². The van der Waals surface area contributed by atoms with Crippen LogP contribution in [0.2, 0.25) is 0 Å². The average Bonchev–Trinajstić information content (AvgIpc) is 1.88. The van der Waals surface area contributed by atoms with Crippen LogP contribution in [0.4, 0.5) is 5.82 Å². The van der Waals surface area contributed by atoms with E-state index in [1.54, 1.807) is 0 Å². The SMILES string of the molecule is CC(=O)c1c[c-]cnc1N.[Y]. The van der Waals surface area contributed by atoms with Crippen LogP contribution in [0.5, 0.6) is 0 Å². The topological polar surface area (TPSA) is 56.0 Å². The normalized spacial score (nSPS) is 8.45. The van der Waals surface area contributed by atoms with Gasteiger partial charge in [0.1, 0.15) is 0 Å². The molecular weight excluding hydrogens is 217 g/mol. The Morgan fingerprint density at radius 2 is 2.36 bits per heavy atom. The zero-order chi connectivity index (χ0) is 7.56. The van der Waals surface area contributed by atoms with E-state index in [2.05, 4.69) is 11.1 Å². The van der Waals surface area contributed by atoms with Crippen molar-refractivity contribution < 1.29 is 37.5 Å². The number of Topliss-reactive ketones (excluding diaryl/α,β-unsaturated/α-hetero) is 1. The van der Waals surface area contributed by atoms with E-state index < -0.39 is 0 Å². The van der Waals surface area contributed by atoms with Crippen LogP contribution in [-0.2, 0) is 32.7 Å². The Morgan fingerprint density at radius 3 is 2.73 bits per heavy atom. The van der Waals surface area contributed by atoms with Gasteiger partial charge in [0.15, 0.2) is 0 Å². The van der Waals surface area contributed by atoms with Gasteiger partial charge in [0, 0.05) is 38.5 Å².